The Balaban J connectivity index is 1.27. The number of rotatable bonds is 5. The molecule has 2 aromatic rings. The Hall–Kier alpha value is -2.80. The van der Waals surface area contributed by atoms with Crippen molar-refractivity contribution in [2.45, 2.75) is 50.9 Å². The van der Waals surface area contributed by atoms with E-state index in [1.807, 2.05) is 34.2 Å². The lowest BCUT2D eigenvalue weighted by molar-refractivity contribution is 0.0717. The molecule has 0 bridgehead atoms. The average Bonchev–Trinajstić information content (AvgIpc) is 2.93. The number of nitrogens with zero attached hydrogens (tertiary/aromatic N) is 7. The molecule has 0 unspecified atom stereocenters. The highest BCUT2D eigenvalue weighted by Crippen LogP contribution is 2.30. The minimum absolute atomic E-state index is 0.0100. The Kier molecular flexibility index (Phi) is 8.08. The second-order valence-electron chi connectivity index (χ2n) is 11.1. The van der Waals surface area contributed by atoms with Crippen LogP contribution in [0.4, 0.5) is 10.7 Å². The van der Waals surface area contributed by atoms with Crippen molar-refractivity contribution in [3.05, 3.63) is 53.3 Å². The largest absolute Gasteiger partial charge is 0.351 e. The van der Waals surface area contributed by atoms with Gasteiger partial charge in [-0.25, -0.2) is 14.8 Å². The summed E-state index contributed by atoms with van der Waals surface area (Å²) in [6.07, 6.45) is 3.95. The number of anilines is 1. The average molecular weight is 557 g/mol. The minimum atomic E-state index is -3.40. The molecule has 3 aliphatic heterocycles. The molecule has 0 spiro atoms. The van der Waals surface area contributed by atoms with Crippen LogP contribution in [0.1, 0.15) is 42.6 Å². The maximum atomic E-state index is 13.9. The van der Waals surface area contributed by atoms with E-state index in [9.17, 15) is 13.2 Å². The van der Waals surface area contributed by atoms with Crippen LogP contribution in [0.25, 0.3) is 0 Å². The number of piperazine rings is 1. The van der Waals surface area contributed by atoms with Crippen molar-refractivity contribution in [2.75, 3.05) is 59.2 Å². The van der Waals surface area contributed by atoms with Crippen molar-refractivity contribution in [1.29, 1.82) is 0 Å². The molecular formula is C27H40N8O3S. The second kappa shape index (κ2) is 11.4. The fourth-order valence-corrected chi connectivity index (χ4v) is 6.87. The van der Waals surface area contributed by atoms with Crippen LogP contribution in [-0.4, -0.2) is 114 Å². The lowest BCUT2D eigenvalue weighted by Crippen LogP contribution is -2.56. The number of likely N-dealkylation sites (N-methyl/N-ethyl adjacent to an activating group) is 1. The van der Waals surface area contributed by atoms with Gasteiger partial charge in [0, 0.05) is 65.1 Å². The zero-order valence-electron chi connectivity index (χ0n) is 23.3. The van der Waals surface area contributed by atoms with Crippen LogP contribution >= 0.6 is 0 Å². The van der Waals surface area contributed by atoms with Gasteiger partial charge >= 0.3 is 6.03 Å². The standard InChI is InChI=1S/C27H40N8O3S/c1-20-16-22-17-28-26(29-23-10-12-33(13-11-23)39(37,38)31(2)3)30-24(22)18-35(20)27(36)34-15-14-32(4)19-25(34)21-8-6-5-7-9-21/h5-9,17,20,23,25H,10-16,18-19H2,1-4H3,(H,28,29,30)/t20-,25-/m1/s1. The number of carbonyl (C=O) groups is 1. The quantitative estimate of drug-likeness (QED) is 0.601. The van der Waals surface area contributed by atoms with E-state index in [1.165, 1.54) is 8.61 Å². The first-order valence-electron chi connectivity index (χ1n) is 13.7. The van der Waals surface area contributed by atoms with Crippen LogP contribution in [0.3, 0.4) is 0 Å². The number of urea groups is 1. The molecule has 212 valence electrons. The van der Waals surface area contributed by atoms with Gasteiger partial charge in [0.15, 0.2) is 0 Å². The number of piperidine rings is 1. The van der Waals surface area contributed by atoms with Crippen molar-refractivity contribution in [1.82, 2.24) is 33.3 Å². The Bertz CT molecular complexity index is 1270. The maximum Gasteiger partial charge on any atom is 0.321 e. The number of amides is 2. The van der Waals surface area contributed by atoms with Crippen LogP contribution in [0.5, 0.6) is 0 Å². The summed E-state index contributed by atoms with van der Waals surface area (Å²) in [4.78, 5) is 29.6. The SMILES string of the molecule is C[C@@H]1Cc2cnc(NC3CCN(S(=O)(=O)N(C)C)CC3)nc2CN1C(=O)N1CCN(C)C[C@@H]1c1ccccc1. The van der Waals surface area contributed by atoms with Gasteiger partial charge in [0.05, 0.1) is 18.3 Å². The number of aromatic nitrogens is 2. The third kappa shape index (κ3) is 5.88. The molecule has 1 aromatic carbocycles. The van der Waals surface area contributed by atoms with Crippen LogP contribution in [-0.2, 0) is 23.2 Å². The van der Waals surface area contributed by atoms with Gasteiger partial charge < -0.3 is 20.0 Å². The van der Waals surface area contributed by atoms with Crippen molar-refractivity contribution < 1.29 is 13.2 Å². The van der Waals surface area contributed by atoms with E-state index in [-0.39, 0.29) is 24.2 Å². The highest BCUT2D eigenvalue weighted by atomic mass is 32.2. The van der Waals surface area contributed by atoms with Crippen LogP contribution in [0.2, 0.25) is 0 Å². The van der Waals surface area contributed by atoms with Crippen molar-refractivity contribution in [2.24, 2.45) is 0 Å². The van der Waals surface area contributed by atoms with Crippen molar-refractivity contribution >= 4 is 22.2 Å². The van der Waals surface area contributed by atoms with E-state index < -0.39 is 10.2 Å². The van der Waals surface area contributed by atoms with Crippen molar-refractivity contribution in [3.8, 4) is 0 Å². The van der Waals surface area contributed by atoms with Gasteiger partial charge in [-0.2, -0.15) is 17.0 Å². The van der Waals surface area contributed by atoms with E-state index >= 15 is 0 Å². The number of benzene rings is 1. The molecule has 5 rings (SSSR count). The summed E-state index contributed by atoms with van der Waals surface area (Å²) < 4.78 is 27.6. The molecule has 2 atom stereocenters. The van der Waals surface area contributed by atoms with Gasteiger partial charge in [-0.3, -0.25) is 0 Å². The third-order valence-corrected chi connectivity index (χ3v) is 10.1. The van der Waals surface area contributed by atoms with Gasteiger partial charge in [0.25, 0.3) is 10.2 Å². The van der Waals surface area contributed by atoms with Gasteiger partial charge in [-0.1, -0.05) is 30.3 Å². The normalized spacial score (nSPS) is 23.6. The number of hydrogen-bond donors (Lipinski definition) is 1. The summed E-state index contributed by atoms with van der Waals surface area (Å²) in [6, 6.07) is 10.5. The van der Waals surface area contributed by atoms with E-state index in [4.69, 9.17) is 4.98 Å². The van der Waals surface area contributed by atoms with Gasteiger partial charge in [-0.15, -0.1) is 0 Å². The third-order valence-electron chi connectivity index (χ3n) is 8.16. The van der Waals surface area contributed by atoms with E-state index in [1.54, 1.807) is 14.1 Å². The van der Waals surface area contributed by atoms with Crippen LogP contribution < -0.4 is 5.32 Å². The number of hydrogen-bond acceptors (Lipinski definition) is 7. The summed E-state index contributed by atoms with van der Waals surface area (Å²) in [5.74, 6) is 0.534. The zero-order chi connectivity index (χ0) is 27.7. The predicted molar refractivity (Wildman–Crippen MR) is 150 cm³/mol. The number of nitrogens with one attached hydrogen (secondary N) is 1. The molecule has 1 aromatic heterocycles. The smallest absolute Gasteiger partial charge is 0.321 e. The number of carbonyl (C=O) groups excluding carboxylic acids is 1. The summed E-state index contributed by atoms with van der Waals surface area (Å²) >= 11 is 0. The Labute approximate surface area is 232 Å². The fourth-order valence-electron chi connectivity index (χ4n) is 5.74. The highest BCUT2D eigenvalue weighted by Gasteiger charge is 2.37. The molecule has 0 radical (unpaired) electrons. The van der Waals surface area contributed by atoms with Crippen LogP contribution in [0.15, 0.2) is 36.5 Å². The minimum Gasteiger partial charge on any atom is -0.351 e. The molecule has 12 heteroatoms. The first-order chi connectivity index (χ1) is 18.6. The lowest BCUT2D eigenvalue weighted by Gasteiger charge is -2.44. The second-order valence-corrected chi connectivity index (χ2v) is 13.3. The molecular weight excluding hydrogens is 516 g/mol. The molecule has 0 aliphatic carbocycles. The molecule has 11 nitrogen and oxygen atoms in total. The lowest BCUT2D eigenvalue weighted by atomic mass is 9.99. The number of fused-ring (bicyclic) bond motifs is 1. The molecule has 2 saturated heterocycles. The van der Waals surface area contributed by atoms with Gasteiger partial charge in [0.1, 0.15) is 0 Å². The Morgan fingerprint density at radius 3 is 2.46 bits per heavy atom. The highest BCUT2D eigenvalue weighted by molar-refractivity contribution is 7.86. The molecule has 2 fully saturated rings. The van der Waals surface area contributed by atoms with E-state index in [0.29, 0.717) is 51.4 Å². The first-order valence-corrected chi connectivity index (χ1v) is 15.1. The maximum absolute atomic E-state index is 13.9. The molecule has 2 amide bonds. The van der Waals surface area contributed by atoms with Gasteiger partial charge in [-0.05, 0) is 44.4 Å². The monoisotopic (exact) mass is 556 g/mol. The first kappa shape index (κ1) is 27.8. The molecule has 0 saturated carbocycles. The van der Waals surface area contributed by atoms with E-state index in [0.717, 1.165) is 29.9 Å². The summed E-state index contributed by atoms with van der Waals surface area (Å²) in [6.45, 7) is 5.78. The molecule has 3 aliphatic rings. The summed E-state index contributed by atoms with van der Waals surface area (Å²) in [5, 5.41) is 3.41. The summed E-state index contributed by atoms with van der Waals surface area (Å²) in [5.41, 5.74) is 3.10. The predicted octanol–water partition coefficient (Wildman–Crippen LogP) is 2.01. The molecule has 39 heavy (non-hydrogen) atoms. The Morgan fingerprint density at radius 2 is 1.77 bits per heavy atom. The van der Waals surface area contributed by atoms with Crippen molar-refractivity contribution in [3.63, 3.8) is 0 Å². The van der Waals surface area contributed by atoms with Crippen LogP contribution in [0, 0.1) is 0 Å². The Morgan fingerprint density at radius 1 is 1.05 bits per heavy atom. The molecule has 4 heterocycles. The topological polar surface area (TPSA) is 105 Å². The zero-order valence-corrected chi connectivity index (χ0v) is 24.1. The van der Waals surface area contributed by atoms with Gasteiger partial charge in [0.2, 0.25) is 5.95 Å². The molecule has 1 N–H and O–H groups in total. The summed E-state index contributed by atoms with van der Waals surface area (Å²) in [7, 11) is 1.82. The van der Waals surface area contributed by atoms with E-state index in [2.05, 4.69) is 41.3 Å². The fraction of sp³-hybridized carbons (Fsp3) is 0.593.